The Kier molecular flexibility index (Phi) is 25.3. The fourth-order valence-corrected chi connectivity index (χ4v) is 7.48. The predicted octanol–water partition coefficient (Wildman–Crippen LogP) is -7.56. The standard InChI is InChI=1S/C42H63N10O22P/c1-18(53)32(44)40(67)49-26(16-28(43)56)37(64)46-24(11-13-31(60)61)36(63)48-25(15-21-6-8-22(9-7-21)74-75(71,72)73)38(65)50-33(19(2)54)41(68)47-23(10-12-30(58)59)35(62)45-17-29(57)52-14-4-5-27(52)39(66)51-34(20(3)55)42(69)70/h6-9,18-20,23-27,32-34,53-55,71-73H,4-5,10-17,44H2,1-3H3,(H11-,43,45,46,47,48,49,50,51,56,58,59,60,61,62,63,64,65,66,67,68,69,70)/p+1/t18-,19-,20-,23+,24+,25+,26+,27+,32+,33+,34+/m1/s1. The Hall–Kier alpha value is -7.19. The largest absolute Gasteiger partial charge is 0.613 e. The Morgan fingerprint density at radius 3 is 1.64 bits per heavy atom. The van der Waals surface area contributed by atoms with Crippen LogP contribution in [0.25, 0.3) is 0 Å². The number of aliphatic hydroxyl groups excluding tert-OH is 3. The van der Waals surface area contributed by atoms with Gasteiger partial charge >= 0.3 is 26.1 Å². The van der Waals surface area contributed by atoms with Gasteiger partial charge < -0.3 is 84.2 Å². The second-order valence-electron chi connectivity index (χ2n) is 17.3. The molecule has 418 valence electrons. The first-order chi connectivity index (χ1) is 34.8. The number of primary amides is 1. The van der Waals surface area contributed by atoms with Crippen molar-refractivity contribution in [1.29, 1.82) is 0 Å². The van der Waals surface area contributed by atoms with Gasteiger partial charge in [-0.15, -0.1) is 0 Å². The number of carboxylic acid groups (broad SMARTS) is 3. The van der Waals surface area contributed by atoms with E-state index in [1.165, 1.54) is 12.1 Å². The summed E-state index contributed by atoms with van der Waals surface area (Å²) in [5, 5.41) is 73.7. The molecule has 1 heterocycles. The fourth-order valence-electron chi connectivity index (χ4n) is 7.07. The minimum atomic E-state index is -4.80. The zero-order valence-corrected chi connectivity index (χ0v) is 41.5. The zero-order chi connectivity index (χ0) is 57.1. The summed E-state index contributed by atoms with van der Waals surface area (Å²) in [4.78, 5) is 183. The first-order valence-corrected chi connectivity index (χ1v) is 24.4. The number of nitrogens with one attached hydrogen (secondary N) is 7. The van der Waals surface area contributed by atoms with Crippen LogP contribution in [-0.4, -0.2) is 201 Å². The van der Waals surface area contributed by atoms with Crippen molar-refractivity contribution < 1.29 is 107 Å². The minimum absolute atomic E-state index is 0.00986. The second-order valence-corrected chi connectivity index (χ2v) is 18.5. The molecule has 1 fully saturated rings. The number of carbonyl (C=O) groups is 12. The third kappa shape index (κ3) is 22.1. The van der Waals surface area contributed by atoms with Crippen LogP contribution in [0.3, 0.4) is 0 Å². The Bertz CT molecular complexity index is 2250. The fraction of sp³-hybridized carbons (Fsp3) is 0.571. The van der Waals surface area contributed by atoms with Crippen molar-refractivity contribution in [3.63, 3.8) is 0 Å². The van der Waals surface area contributed by atoms with E-state index in [0.717, 1.165) is 37.8 Å². The highest BCUT2D eigenvalue weighted by Gasteiger charge is 2.39. The van der Waals surface area contributed by atoms with E-state index in [9.17, 15) is 103 Å². The molecule has 0 saturated carbocycles. The van der Waals surface area contributed by atoms with Gasteiger partial charge in [0.2, 0.25) is 53.2 Å². The molecule has 9 amide bonds. The van der Waals surface area contributed by atoms with Crippen LogP contribution in [0.4, 0.5) is 0 Å². The van der Waals surface area contributed by atoms with E-state index in [1.54, 1.807) is 0 Å². The maximum absolute atomic E-state index is 14.2. The van der Waals surface area contributed by atoms with Crippen LogP contribution in [-0.2, 0) is 64.0 Å². The number of rotatable bonds is 31. The average Bonchev–Trinajstić information content (AvgIpc) is 3.80. The van der Waals surface area contributed by atoms with E-state index < -0.39 is 191 Å². The van der Waals surface area contributed by atoms with Crippen LogP contribution in [0.15, 0.2) is 24.3 Å². The monoisotopic (exact) mass is 1090 g/mol. The Morgan fingerprint density at radius 1 is 0.653 bits per heavy atom. The summed E-state index contributed by atoms with van der Waals surface area (Å²) in [6.07, 6.45) is -8.83. The minimum Gasteiger partial charge on any atom is -0.481 e. The average molecular weight is 1090 g/mol. The molecule has 1 aromatic rings. The molecule has 1 saturated heterocycles. The lowest BCUT2D eigenvalue weighted by Crippen LogP contribution is -2.62. The number of hydrogen-bond acceptors (Lipinski definition) is 20. The third-order valence-electron chi connectivity index (χ3n) is 11.0. The van der Waals surface area contributed by atoms with E-state index in [0.29, 0.717) is 0 Å². The van der Waals surface area contributed by atoms with Crippen LogP contribution in [0.2, 0.25) is 0 Å². The molecule has 33 heteroatoms. The van der Waals surface area contributed by atoms with Crippen LogP contribution in [0, 0.1) is 0 Å². The first kappa shape index (κ1) is 63.9. The predicted molar refractivity (Wildman–Crippen MR) is 252 cm³/mol. The lowest BCUT2D eigenvalue weighted by molar-refractivity contribution is -0.146. The van der Waals surface area contributed by atoms with Crippen molar-refractivity contribution in [3.8, 4) is 5.75 Å². The van der Waals surface area contributed by atoms with E-state index >= 15 is 0 Å². The highest BCUT2D eigenvalue weighted by atomic mass is 31.2. The van der Waals surface area contributed by atoms with Gasteiger partial charge in [-0.3, -0.25) is 57.3 Å². The second kappa shape index (κ2) is 29.6. The lowest BCUT2D eigenvalue weighted by atomic mass is 10.0. The molecular weight excluding hydrogens is 1030 g/mol. The Balaban J connectivity index is 2.46. The molecule has 11 atom stereocenters. The van der Waals surface area contributed by atoms with E-state index in [1.807, 2.05) is 0 Å². The summed E-state index contributed by atoms with van der Waals surface area (Å²) in [6, 6.07) is -9.39. The molecule has 75 heavy (non-hydrogen) atoms. The Labute approximate surface area is 426 Å². The van der Waals surface area contributed by atoms with Gasteiger partial charge in [-0.2, -0.15) is 14.7 Å². The van der Waals surface area contributed by atoms with Crippen LogP contribution in [0.5, 0.6) is 5.75 Å². The van der Waals surface area contributed by atoms with Gasteiger partial charge in [0.15, 0.2) is 11.8 Å². The first-order valence-electron chi connectivity index (χ1n) is 22.8. The quantitative estimate of drug-likeness (QED) is 0.0307. The topological polar surface area (TPSA) is 536 Å². The van der Waals surface area contributed by atoms with Gasteiger partial charge in [0.05, 0.1) is 31.3 Å². The lowest BCUT2D eigenvalue weighted by Gasteiger charge is -2.28. The number of hydrogen-bond donors (Lipinski definition) is 18. The molecule has 0 radical (unpaired) electrons. The molecule has 0 spiro atoms. The van der Waals surface area contributed by atoms with E-state index in [4.69, 9.17) is 11.5 Å². The Morgan fingerprint density at radius 2 is 1.15 bits per heavy atom. The van der Waals surface area contributed by atoms with Crippen molar-refractivity contribution in [1.82, 2.24) is 42.1 Å². The molecule has 1 aromatic carbocycles. The van der Waals surface area contributed by atoms with E-state index in [2.05, 4.69) is 41.7 Å². The SMILES string of the molecule is C[C@@H](O)[C@H](N)C(=O)N[C@@H](CC(N)=O)C(=O)N[C@@H](CCC(=O)O)C(=O)N[C@@H](Cc1ccc(O[P+](O)(O)O)cc1)C(=O)N[C@H](C(=O)N[C@@H](CCC(=O)O)C(=O)NCC(=O)N1CCC[C@H]1C(=O)N[C@H](C(=O)O)[C@@H](C)O)[C@@H](C)O. The molecule has 2 rings (SSSR count). The molecule has 0 bridgehead atoms. The van der Waals surface area contributed by atoms with Crippen molar-refractivity contribution in [2.45, 2.75) is 139 Å². The number of nitrogens with zero attached hydrogens (tertiary/aromatic N) is 1. The van der Waals surface area contributed by atoms with Crippen LogP contribution in [0.1, 0.15) is 71.3 Å². The number of carbonyl (C=O) groups excluding carboxylic acids is 9. The van der Waals surface area contributed by atoms with Gasteiger partial charge in [-0.05, 0) is 64.2 Å². The number of carboxylic acids is 3. The zero-order valence-electron chi connectivity index (χ0n) is 40.6. The number of likely N-dealkylation sites (tertiary alicyclic amines) is 1. The maximum atomic E-state index is 14.2. The number of nitrogens with two attached hydrogens (primary N) is 2. The number of aliphatic carboxylic acids is 3. The molecule has 0 aliphatic carbocycles. The highest BCUT2D eigenvalue weighted by Crippen LogP contribution is 2.46. The van der Waals surface area contributed by atoms with Gasteiger partial charge in [0.1, 0.15) is 42.3 Å². The smallest absolute Gasteiger partial charge is 0.481 e. The van der Waals surface area contributed by atoms with Crippen LogP contribution >= 0.6 is 8.17 Å². The molecule has 32 nitrogen and oxygen atoms in total. The highest BCUT2D eigenvalue weighted by molar-refractivity contribution is 7.53. The normalized spacial score (nSPS) is 17.3. The number of amides is 9. The summed E-state index contributed by atoms with van der Waals surface area (Å²) in [7, 11) is -4.80. The van der Waals surface area contributed by atoms with E-state index in [-0.39, 0.29) is 30.7 Å². The van der Waals surface area contributed by atoms with Crippen molar-refractivity contribution >= 4 is 79.2 Å². The van der Waals surface area contributed by atoms with Crippen molar-refractivity contribution in [3.05, 3.63) is 29.8 Å². The van der Waals surface area contributed by atoms with Gasteiger partial charge in [0.25, 0.3) is 0 Å². The summed E-state index contributed by atoms with van der Waals surface area (Å²) in [5.41, 5.74) is 11.0. The molecule has 0 unspecified atom stereocenters. The molecule has 1 aliphatic rings. The number of benzene rings is 1. The number of aliphatic hydroxyl groups is 3. The maximum Gasteiger partial charge on any atom is 0.613 e. The summed E-state index contributed by atoms with van der Waals surface area (Å²) >= 11 is 0. The van der Waals surface area contributed by atoms with Gasteiger partial charge in [0, 0.05) is 25.8 Å². The van der Waals surface area contributed by atoms with Gasteiger partial charge in [-0.25, -0.2) is 4.79 Å². The third-order valence-corrected chi connectivity index (χ3v) is 11.5. The molecular formula is C42H64N10O22P+. The van der Waals surface area contributed by atoms with Gasteiger partial charge in [-0.1, -0.05) is 12.1 Å². The molecule has 20 N–H and O–H groups in total. The molecule has 0 aromatic heterocycles. The summed E-state index contributed by atoms with van der Waals surface area (Å²) < 4.78 is 4.63. The summed E-state index contributed by atoms with van der Waals surface area (Å²) in [5.74, 6) is -15.2. The van der Waals surface area contributed by atoms with Crippen LogP contribution < -0.4 is 53.2 Å². The van der Waals surface area contributed by atoms with Crippen molar-refractivity contribution in [2.75, 3.05) is 13.1 Å². The summed E-state index contributed by atoms with van der Waals surface area (Å²) in [6.45, 7) is 2.42. The van der Waals surface area contributed by atoms with Crippen molar-refractivity contribution in [2.24, 2.45) is 11.5 Å². The molecule has 1 aliphatic heterocycles.